The highest BCUT2D eigenvalue weighted by molar-refractivity contribution is 6.25. The molecule has 1 N–H and O–H groups in total. The first-order chi connectivity index (χ1) is 14.4. The summed E-state index contributed by atoms with van der Waals surface area (Å²) in [6.07, 6.45) is 0. The number of benzene rings is 2. The molecule has 0 bridgehead atoms. The third kappa shape index (κ3) is 3.38. The third-order valence-corrected chi connectivity index (χ3v) is 5.29. The van der Waals surface area contributed by atoms with Crippen molar-refractivity contribution in [2.45, 2.75) is 25.9 Å². The number of fused-ring (bicyclic) bond motifs is 1. The van der Waals surface area contributed by atoms with Crippen LogP contribution in [0, 0.1) is 13.8 Å². The van der Waals surface area contributed by atoms with Crippen LogP contribution in [0.5, 0.6) is 5.75 Å². The minimum absolute atomic E-state index is 0.198. The number of amides is 3. The fourth-order valence-corrected chi connectivity index (χ4v) is 3.49. The van der Waals surface area contributed by atoms with E-state index in [1.54, 1.807) is 43.5 Å². The van der Waals surface area contributed by atoms with E-state index in [1.807, 2.05) is 19.9 Å². The van der Waals surface area contributed by atoms with Crippen LogP contribution >= 0.6 is 0 Å². The van der Waals surface area contributed by atoms with Gasteiger partial charge in [-0.1, -0.05) is 11.3 Å². The summed E-state index contributed by atoms with van der Waals surface area (Å²) in [6, 6.07) is 10.4. The van der Waals surface area contributed by atoms with Gasteiger partial charge in [-0.15, -0.1) is 0 Å². The molecule has 2 atom stereocenters. The Morgan fingerprint density at radius 2 is 1.80 bits per heavy atom. The van der Waals surface area contributed by atoms with E-state index in [9.17, 15) is 14.4 Å². The van der Waals surface area contributed by atoms with Gasteiger partial charge in [0.1, 0.15) is 12.3 Å². The van der Waals surface area contributed by atoms with Gasteiger partial charge in [0.15, 0.2) is 12.1 Å². The first-order valence-corrected chi connectivity index (χ1v) is 9.45. The molecule has 2 heterocycles. The lowest BCUT2D eigenvalue weighted by Gasteiger charge is -2.20. The van der Waals surface area contributed by atoms with Crippen molar-refractivity contribution in [1.82, 2.24) is 5.01 Å². The van der Waals surface area contributed by atoms with Gasteiger partial charge in [-0.3, -0.25) is 19.4 Å². The van der Waals surface area contributed by atoms with Gasteiger partial charge in [0.05, 0.1) is 12.8 Å². The summed E-state index contributed by atoms with van der Waals surface area (Å²) in [5.41, 5.74) is 3.12. The van der Waals surface area contributed by atoms with Gasteiger partial charge in [0, 0.05) is 5.69 Å². The molecule has 0 saturated carbocycles. The van der Waals surface area contributed by atoms with Crippen LogP contribution in [0.15, 0.2) is 52.8 Å². The number of aryl methyl sites for hydroxylation is 2. The van der Waals surface area contributed by atoms with Crippen molar-refractivity contribution in [3.63, 3.8) is 0 Å². The van der Waals surface area contributed by atoms with Crippen LogP contribution < -0.4 is 15.0 Å². The fraction of sp³-hybridized carbons (Fsp3) is 0.286. The number of carbonyl (C=O) groups is 3. The molecule has 1 fully saturated rings. The van der Waals surface area contributed by atoms with Crippen molar-refractivity contribution in [2.24, 2.45) is 10.3 Å². The minimum atomic E-state index is -0.937. The van der Waals surface area contributed by atoms with E-state index >= 15 is 0 Å². The van der Waals surface area contributed by atoms with E-state index in [0.29, 0.717) is 17.1 Å². The number of nitrogens with one attached hydrogen (secondary N) is 1. The Bertz CT molecular complexity index is 1050. The van der Waals surface area contributed by atoms with Gasteiger partial charge in [0.25, 0.3) is 11.8 Å². The lowest BCUT2D eigenvalue weighted by molar-refractivity contribution is -0.123. The van der Waals surface area contributed by atoms with Crippen LogP contribution in [0.25, 0.3) is 0 Å². The summed E-state index contributed by atoms with van der Waals surface area (Å²) in [5, 5.41) is 11.9. The SMILES string of the molecule is COc1ccc(NC(=O)CN2N=NC3C(=O)N(c4ccc(C)c(C)c4)C(=O)C32)cc1. The average Bonchev–Trinajstić information content (AvgIpc) is 3.24. The van der Waals surface area contributed by atoms with Crippen LogP contribution in [0.2, 0.25) is 0 Å². The molecular formula is C21H21N5O4. The quantitative estimate of drug-likeness (QED) is 0.766. The van der Waals surface area contributed by atoms with Gasteiger partial charge in [-0.05, 0) is 61.4 Å². The molecule has 0 radical (unpaired) electrons. The maximum atomic E-state index is 13.0. The zero-order chi connectivity index (χ0) is 21.4. The van der Waals surface area contributed by atoms with E-state index in [1.165, 1.54) is 5.01 Å². The molecule has 2 aliphatic heterocycles. The predicted molar refractivity (Wildman–Crippen MR) is 109 cm³/mol. The second kappa shape index (κ2) is 7.58. The van der Waals surface area contributed by atoms with Crippen LogP contribution in [-0.4, -0.2) is 48.5 Å². The Labute approximate surface area is 173 Å². The Morgan fingerprint density at radius 1 is 1.07 bits per heavy atom. The maximum Gasteiger partial charge on any atom is 0.263 e. The standard InChI is InChI=1S/C21H21N5O4/c1-12-4-7-15(10-13(12)2)26-20(28)18-19(21(26)29)25(24-23-18)11-17(27)22-14-5-8-16(30-3)9-6-14/h4-10,18-19H,11H2,1-3H3,(H,22,27). The van der Waals surface area contributed by atoms with Crippen molar-refractivity contribution in [3.8, 4) is 5.75 Å². The first kappa shape index (κ1) is 19.6. The molecule has 30 heavy (non-hydrogen) atoms. The summed E-state index contributed by atoms with van der Waals surface area (Å²) in [7, 11) is 1.56. The van der Waals surface area contributed by atoms with Crippen LogP contribution in [0.4, 0.5) is 11.4 Å². The summed E-state index contributed by atoms with van der Waals surface area (Å²) in [4.78, 5) is 39.4. The third-order valence-electron chi connectivity index (χ3n) is 5.29. The normalized spacial score (nSPS) is 20.0. The van der Waals surface area contributed by atoms with E-state index in [4.69, 9.17) is 4.74 Å². The monoisotopic (exact) mass is 407 g/mol. The minimum Gasteiger partial charge on any atom is -0.497 e. The first-order valence-electron chi connectivity index (χ1n) is 9.45. The van der Waals surface area contributed by atoms with Gasteiger partial charge < -0.3 is 10.1 Å². The second-order valence-corrected chi connectivity index (χ2v) is 7.25. The van der Waals surface area contributed by atoms with E-state index in [-0.39, 0.29) is 12.5 Å². The fourth-order valence-electron chi connectivity index (χ4n) is 3.49. The second-order valence-electron chi connectivity index (χ2n) is 7.25. The number of imide groups is 1. The molecule has 1 saturated heterocycles. The molecular weight excluding hydrogens is 386 g/mol. The Balaban J connectivity index is 1.47. The van der Waals surface area contributed by atoms with Gasteiger partial charge in [-0.2, -0.15) is 5.11 Å². The molecule has 2 aromatic rings. The van der Waals surface area contributed by atoms with Crippen LogP contribution in [-0.2, 0) is 14.4 Å². The molecule has 9 nitrogen and oxygen atoms in total. The van der Waals surface area contributed by atoms with Crippen molar-refractivity contribution in [3.05, 3.63) is 53.6 Å². The van der Waals surface area contributed by atoms with Crippen molar-refractivity contribution < 1.29 is 19.1 Å². The number of carbonyl (C=O) groups excluding carboxylic acids is 3. The van der Waals surface area contributed by atoms with E-state index < -0.39 is 23.9 Å². The highest BCUT2D eigenvalue weighted by Crippen LogP contribution is 2.32. The zero-order valence-corrected chi connectivity index (χ0v) is 16.8. The average molecular weight is 407 g/mol. The smallest absolute Gasteiger partial charge is 0.263 e. The number of methoxy groups -OCH3 is 1. The molecule has 9 heteroatoms. The molecule has 2 aromatic carbocycles. The molecule has 2 aliphatic rings. The van der Waals surface area contributed by atoms with E-state index in [2.05, 4.69) is 15.7 Å². The van der Waals surface area contributed by atoms with Crippen molar-refractivity contribution in [2.75, 3.05) is 23.9 Å². The molecule has 4 rings (SSSR count). The Hall–Kier alpha value is -3.75. The molecule has 0 aromatic heterocycles. The summed E-state index contributed by atoms with van der Waals surface area (Å²) in [6.45, 7) is 3.68. The van der Waals surface area contributed by atoms with Gasteiger partial charge in [-0.25, -0.2) is 4.90 Å². The van der Waals surface area contributed by atoms with Crippen molar-refractivity contribution >= 4 is 29.1 Å². The summed E-state index contributed by atoms with van der Waals surface area (Å²) in [5.74, 6) is -0.569. The zero-order valence-electron chi connectivity index (χ0n) is 16.8. The number of nitrogens with zero attached hydrogens (tertiary/aromatic N) is 4. The molecule has 2 unspecified atom stereocenters. The number of rotatable bonds is 5. The maximum absolute atomic E-state index is 13.0. The molecule has 3 amide bonds. The number of hydrogen-bond donors (Lipinski definition) is 1. The largest absolute Gasteiger partial charge is 0.497 e. The molecule has 0 aliphatic carbocycles. The number of hydrogen-bond acceptors (Lipinski definition) is 7. The van der Waals surface area contributed by atoms with Crippen LogP contribution in [0.1, 0.15) is 11.1 Å². The lowest BCUT2D eigenvalue weighted by atomic mass is 10.1. The van der Waals surface area contributed by atoms with Gasteiger partial charge >= 0.3 is 0 Å². The number of anilines is 2. The molecule has 0 spiro atoms. The highest BCUT2D eigenvalue weighted by Gasteiger charge is 2.55. The van der Waals surface area contributed by atoms with Crippen LogP contribution in [0.3, 0.4) is 0 Å². The topological polar surface area (TPSA) is 104 Å². The Morgan fingerprint density at radius 3 is 2.47 bits per heavy atom. The van der Waals surface area contributed by atoms with E-state index in [0.717, 1.165) is 16.0 Å². The predicted octanol–water partition coefficient (Wildman–Crippen LogP) is 2.24. The number of ether oxygens (including phenoxy) is 1. The van der Waals surface area contributed by atoms with Gasteiger partial charge in [0.2, 0.25) is 5.91 Å². The van der Waals surface area contributed by atoms with Crippen molar-refractivity contribution in [1.29, 1.82) is 0 Å². The lowest BCUT2D eigenvalue weighted by Crippen LogP contribution is -2.43. The highest BCUT2D eigenvalue weighted by atomic mass is 16.5. The summed E-state index contributed by atoms with van der Waals surface area (Å²) < 4.78 is 5.09. The molecule has 154 valence electrons. The Kier molecular flexibility index (Phi) is 4.94. The summed E-state index contributed by atoms with van der Waals surface area (Å²) >= 11 is 0.